The topological polar surface area (TPSA) is 133 Å². The molecule has 5 atom stereocenters. The number of ether oxygens (including phenoxy) is 5. The zero-order valence-corrected chi connectivity index (χ0v) is 27.0. The number of nitrogens with one attached hydrogen (secondary N) is 1. The van der Waals surface area contributed by atoms with Crippen LogP contribution in [0.15, 0.2) is 54.3 Å². The van der Waals surface area contributed by atoms with Crippen molar-refractivity contribution in [3.05, 3.63) is 71.0 Å². The summed E-state index contributed by atoms with van der Waals surface area (Å²) in [6, 6.07) is 11.7. The quantitative estimate of drug-likeness (QED) is 0.309. The number of esters is 2. The van der Waals surface area contributed by atoms with Gasteiger partial charge in [0.15, 0.2) is 17.6 Å². The van der Waals surface area contributed by atoms with Crippen molar-refractivity contribution in [1.82, 2.24) is 10.2 Å². The molecule has 1 spiro atoms. The fourth-order valence-corrected chi connectivity index (χ4v) is 7.59. The highest BCUT2D eigenvalue weighted by molar-refractivity contribution is 5.83. The van der Waals surface area contributed by atoms with Gasteiger partial charge in [0, 0.05) is 24.4 Å². The summed E-state index contributed by atoms with van der Waals surface area (Å²) in [5.41, 5.74) is 0.0283. The molecule has 2 aromatic rings. The standard InChI is InChI=1S/C35H42N2O9/c1-33(2,3)46-27(38)14-12-23(36-32(40)43-20-21-9-7-6-8-10-21)31(39)44-25-15-16-35(41)26-19-22-11-13-24(42-5)29-28(22)34(35,30(25)45-29)17-18-37(26)4/h6-11,13,15,23,26,30,41H,12,14,16-20H2,1-5H3,(H,36,40)/t23?,26-,30+,34+,35-/m1/s1. The summed E-state index contributed by atoms with van der Waals surface area (Å²) in [6.45, 7) is 5.98. The van der Waals surface area contributed by atoms with E-state index in [1.165, 1.54) is 0 Å². The highest BCUT2D eigenvalue weighted by Gasteiger charge is 2.72. The lowest BCUT2D eigenvalue weighted by Gasteiger charge is -2.61. The van der Waals surface area contributed by atoms with Crippen molar-refractivity contribution in [1.29, 1.82) is 0 Å². The number of alkyl carbamates (subject to hydrolysis) is 1. The van der Waals surface area contributed by atoms with Gasteiger partial charge in [-0.15, -0.1) is 0 Å². The van der Waals surface area contributed by atoms with Crippen molar-refractivity contribution in [2.75, 3.05) is 20.7 Å². The lowest BCUT2D eigenvalue weighted by Crippen LogP contribution is -2.74. The second-order valence-electron chi connectivity index (χ2n) is 13.6. The Morgan fingerprint density at radius 2 is 1.91 bits per heavy atom. The van der Waals surface area contributed by atoms with Gasteiger partial charge in [-0.25, -0.2) is 9.59 Å². The average molecular weight is 635 g/mol. The maximum atomic E-state index is 13.8. The molecular formula is C35H42N2O9. The molecule has 11 heteroatoms. The number of hydrogen-bond donors (Lipinski definition) is 2. The number of nitrogens with zero attached hydrogens (tertiary/aromatic N) is 1. The summed E-state index contributed by atoms with van der Waals surface area (Å²) >= 11 is 0. The first-order valence-corrected chi connectivity index (χ1v) is 15.8. The van der Waals surface area contributed by atoms with Crippen LogP contribution in [-0.2, 0) is 42.2 Å². The van der Waals surface area contributed by atoms with E-state index in [2.05, 4.69) is 10.2 Å². The number of likely N-dealkylation sites (N-methyl/N-ethyl adjacent to an activating group) is 1. The number of likely N-dealkylation sites (tertiary alicyclic amines) is 1. The Morgan fingerprint density at radius 1 is 1.15 bits per heavy atom. The number of benzene rings is 2. The van der Waals surface area contributed by atoms with E-state index in [4.69, 9.17) is 23.7 Å². The minimum Gasteiger partial charge on any atom is -0.493 e. The molecule has 1 saturated heterocycles. The van der Waals surface area contributed by atoms with E-state index in [-0.39, 0.29) is 37.7 Å². The Kier molecular flexibility index (Phi) is 8.27. The number of piperidine rings is 1. The predicted octanol–water partition coefficient (Wildman–Crippen LogP) is 3.93. The van der Waals surface area contributed by atoms with Crippen molar-refractivity contribution in [3.8, 4) is 11.5 Å². The van der Waals surface area contributed by atoms with Crippen LogP contribution in [-0.4, -0.2) is 78.1 Å². The molecule has 2 aliphatic heterocycles. The number of amides is 1. The van der Waals surface area contributed by atoms with Crippen molar-refractivity contribution >= 4 is 18.0 Å². The SMILES string of the molecule is COc1ccc2c3c1O[C@H]1C(OC(=O)C(CCC(=O)OC(C)(C)C)NC(=O)OCc4ccccc4)=CC[C@@]4(O)[C@@H](C2)N(C)CC[C@]314. The predicted molar refractivity (Wildman–Crippen MR) is 166 cm³/mol. The smallest absolute Gasteiger partial charge is 0.408 e. The van der Waals surface area contributed by atoms with Crippen LogP contribution in [0.25, 0.3) is 0 Å². The Bertz CT molecular complexity index is 1550. The lowest BCUT2D eigenvalue weighted by atomic mass is 9.50. The summed E-state index contributed by atoms with van der Waals surface area (Å²) in [4.78, 5) is 41.4. The van der Waals surface area contributed by atoms with Gasteiger partial charge in [0.05, 0.1) is 18.1 Å². The minimum absolute atomic E-state index is 0.000708. The van der Waals surface area contributed by atoms with E-state index >= 15 is 0 Å². The van der Waals surface area contributed by atoms with Gasteiger partial charge in [-0.3, -0.25) is 4.79 Å². The molecule has 1 unspecified atom stereocenters. The zero-order valence-electron chi connectivity index (χ0n) is 27.0. The fraction of sp³-hybridized carbons (Fsp3) is 0.514. The first kappa shape index (κ1) is 31.9. The lowest BCUT2D eigenvalue weighted by molar-refractivity contribution is -0.170. The van der Waals surface area contributed by atoms with Gasteiger partial charge >= 0.3 is 18.0 Å². The van der Waals surface area contributed by atoms with Crippen molar-refractivity contribution in [2.45, 2.75) is 94.3 Å². The number of aliphatic hydroxyl groups is 1. The zero-order chi connectivity index (χ0) is 32.9. The van der Waals surface area contributed by atoms with Gasteiger partial charge in [-0.1, -0.05) is 36.4 Å². The normalized spacial score (nSPS) is 26.5. The summed E-state index contributed by atoms with van der Waals surface area (Å²) in [5.74, 6) is 0.0656. The molecule has 0 aromatic heterocycles. The Hall–Kier alpha value is -4.09. The second kappa shape index (κ2) is 11.9. The highest BCUT2D eigenvalue weighted by atomic mass is 16.6. The largest absolute Gasteiger partial charge is 0.493 e. The van der Waals surface area contributed by atoms with Crippen LogP contribution in [0.3, 0.4) is 0 Å². The van der Waals surface area contributed by atoms with Gasteiger partial charge in [-0.05, 0) is 76.9 Å². The van der Waals surface area contributed by atoms with Gasteiger partial charge in [0.2, 0.25) is 0 Å². The highest BCUT2D eigenvalue weighted by Crippen LogP contribution is 2.65. The molecule has 46 heavy (non-hydrogen) atoms. The molecule has 6 rings (SSSR count). The minimum atomic E-state index is -1.22. The average Bonchev–Trinajstić information content (AvgIpc) is 3.37. The second-order valence-corrected chi connectivity index (χ2v) is 13.6. The number of carbonyl (C=O) groups is 3. The Morgan fingerprint density at radius 3 is 2.63 bits per heavy atom. The van der Waals surface area contributed by atoms with E-state index in [1.807, 2.05) is 49.5 Å². The Labute approximate surface area is 268 Å². The van der Waals surface area contributed by atoms with E-state index in [9.17, 15) is 19.5 Å². The summed E-state index contributed by atoms with van der Waals surface area (Å²) in [5, 5.41) is 15.0. The number of methoxy groups -OCH3 is 1. The Balaban J connectivity index is 1.25. The van der Waals surface area contributed by atoms with Crippen molar-refractivity contribution in [3.63, 3.8) is 0 Å². The van der Waals surface area contributed by atoms with E-state index in [1.54, 1.807) is 34.0 Å². The maximum Gasteiger partial charge on any atom is 0.408 e. The van der Waals surface area contributed by atoms with Crippen LogP contribution < -0.4 is 14.8 Å². The molecule has 4 aliphatic rings. The summed E-state index contributed by atoms with van der Waals surface area (Å²) < 4.78 is 29.1. The summed E-state index contributed by atoms with van der Waals surface area (Å²) in [7, 11) is 3.59. The van der Waals surface area contributed by atoms with Crippen LogP contribution in [0.5, 0.6) is 11.5 Å². The molecule has 1 fully saturated rings. The maximum absolute atomic E-state index is 13.8. The van der Waals surface area contributed by atoms with Gasteiger partial charge in [0.1, 0.15) is 24.0 Å². The van der Waals surface area contributed by atoms with Crippen LogP contribution in [0, 0.1) is 0 Å². The molecule has 11 nitrogen and oxygen atoms in total. The molecule has 2 N–H and O–H groups in total. The van der Waals surface area contributed by atoms with Gasteiger partial charge in [0.25, 0.3) is 0 Å². The molecule has 2 aliphatic carbocycles. The van der Waals surface area contributed by atoms with Crippen molar-refractivity contribution < 1.29 is 43.2 Å². The van der Waals surface area contributed by atoms with Gasteiger partial charge in [-0.2, -0.15) is 0 Å². The summed E-state index contributed by atoms with van der Waals surface area (Å²) in [6.07, 6.45) is 1.35. The van der Waals surface area contributed by atoms with E-state index in [0.29, 0.717) is 24.3 Å². The molecule has 2 heterocycles. The molecule has 2 bridgehead atoms. The van der Waals surface area contributed by atoms with Crippen molar-refractivity contribution in [2.24, 2.45) is 0 Å². The number of carbonyl (C=O) groups excluding carboxylic acids is 3. The monoisotopic (exact) mass is 634 g/mol. The first-order valence-electron chi connectivity index (χ1n) is 15.8. The fourth-order valence-electron chi connectivity index (χ4n) is 7.59. The molecule has 0 radical (unpaired) electrons. The van der Waals surface area contributed by atoms with Crippen LogP contribution in [0.4, 0.5) is 4.79 Å². The van der Waals surface area contributed by atoms with Crippen LogP contribution >= 0.6 is 0 Å². The third-order valence-corrected chi connectivity index (χ3v) is 9.62. The number of rotatable bonds is 9. The first-order chi connectivity index (χ1) is 21.9. The van der Waals surface area contributed by atoms with Crippen LogP contribution in [0.2, 0.25) is 0 Å². The molecule has 246 valence electrons. The molecule has 0 saturated carbocycles. The van der Waals surface area contributed by atoms with E-state index < -0.39 is 46.8 Å². The molecular weight excluding hydrogens is 592 g/mol. The molecule has 1 amide bonds. The third-order valence-electron chi connectivity index (χ3n) is 9.62. The van der Waals surface area contributed by atoms with Gasteiger partial charge < -0.3 is 39.0 Å². The molecule has 2 aromatic carbocycles. The number of hydrogen-bond acceptors (Lipinski definition) is 10. The third kappa shape index (κ3) is 5.49. The van der Waals surface area contributed by atoms with E-state index in [0.717, 1.165) is 23.2 Å². The van der Waals surface area contributed by atoms with Crippen LogP contribution in [0.1, 0.15) is 63.1 Å².